The fraction of sp³-hybridized carbons (Fsp3) is 0.0556. The summed E-state index contributed by atoms with van der Waals surface area (Å²) in [5, 5.41) is 8.54. The number of hydrogen-bond donors (Lipinski definition) is 2. The van der Waals surface area contributed by atoms with Crippen molar-refractivity contribution in [3.05, 3.63) is 60.4 Å². The molecular weight excluding hydrogens is 597 g/mol. The molecule has 1 amide bonds. The molecule has 0 aliphatic heterocycles. The van der Waals surface area contributed by atoms with Gasteiger partial charge in [-0.1, -0.05) is 11.6 Å². The smallest absolute Gasteiger partial charge is 0.258 e. The van der Waals surface area contributed by atoms with Gasteiger partial charge in [0, 0.05) is 14.5 Å². The molecule has 1 aromatic heterocycles. The Kier molecular flexibility index (Phi) is 7.26. The standard InChI is InChI=1S/C18H12BrClIN3O2S2/c1-26-15-5-2-9(6-12(15)19)14-8-28-18(22-14)24-17(27)23-16(25)11-7-10(21)3-4-13(11)20/h2-8H,1H3,(H2,22,23,24,25,27). The van der Waals surface area contributed by atoms with E-state index in [1.807, 2.05) is 29.6 Å². The summed E-state index contributed by atoms with van der Waals surface area (Å²) < 4.78 is 6.98. The number of halogens is 3. The molecule has 2 N–H and O–H groups in total. The van der Waals surface area contributed by atoms with Crippen LogP contribution in [0.2, 0.25) is 5.02 Å². The van der Waals surface area contributed by atoms with Gasteiger partial charge in [0.15, 0.2) is 10.2 Å². The lowest BCUT2D eigenvalue weighted by Crippen LogP contribution is -2.34. The summed E-state index contributed by atoms with van der Waals surface area (Å²) in [4.78, 5) is 16.9. The monoisotopic (exact) mass is 607 g/mol. The quantitative estimate of drug-likeness (QED) is 0.283. The fourth-order valence-corrected chi connectivity index (χ4v) is 4.47. The number of rotatable bonds is 4. The maximum Gasteiger partial charge on any atom is 0.258 e. The van der Waals surface area contributed by atoms with Gasteiger partial charge in [-0.05, 0) is 87.1 Å². The first-order valence-electron chi connectivity index (χ1n) is 7.74. The van der Waals surface area contributed by atoms with Crippen LogP contribution in [0.1, 0.15) is 10.4 Å². The normalized spacial score (nSPS) is 10.4. The number of carbonyl (C=O) groups is 1. The molecule has 28 heavy (non-hydrogen) atoms. The second-order valence-corrected chi connectivity index (χ2v) is 9.19. The lowest BCUT2D eigenvalue weighted by Gasteiger charge is -2.09. The van der Waals surface area contributed by atoms with Gasteiger partial charge in [0.2, 0.25) is 0 Å². The van der Waals surface area contributed by atoms with Crippen molar-refractivity contribution in [2.45, 2.75) is 0 Å². The van der Waals surface area contributed by atoms with Crippen molar-refractivity contribution in [3.63, 3.8) is 0 Å². The van der Waals surface area contributed by atoms with Crippen molar-refractivity contribution in [1.82, 2.24) is 10.3 Å². The van der Waals surface area contributed by atoms with Crippen LogP contribution in [0.3, 0.4) is 0 Å². The molecule has 0 saturated carbocycles. The number of nitrogens with zero attached hydrogens (tertiary/aromatic N) is 1. The third-order valence-corrected chi connectivity index (χ3v) is 6.15. The highest BCUT2D eigenvalue weighted by molar-refractivity contribution is 14.1. The molecule has 0 saturated heterocycles. The first-order chi connectivity index (χ1) is 13.4. The maximum absolute atomic E-state index is 12.4. The molecule has 1 heterocycles. The first-order valence-corrected chi connectivity index (χ1v) is 11.3. The van der Waals surface area contributed by atoms with E-state index in [1.165, 1.54) is 11.3 Å². The van der Waals surface area contributed by atoms with E-state index in [0.29, 0.717) is 15.7 Å². The number of methoxy groups -OCH3 is 1. The highest BCUT2D eigenvalue weighted by atomic mass is 127. The third kappa shape index (κ3) is 5.20. The lowest BCUT2D eigenvalue weighted by atomic mass is 10.2. The van der Waals surface area contributed by atoms with Crippen molar-refractivity contribution in [2.24, 2.45) is 0 Å². The number of ether oxygens (including phenoxy) is 1. The van der Waals surface area contributed by atoms with Crippen LogP contribution < -0.4 is 15.4 Å². The molecule has 0 aliphatic rings. The summed E-state index contributed by atoms with van der Waals surface area (Å²) in [5.74, 6) is 0.368. The van der Waals surface area contributed by atoms with E-state index in [4.69, 9.17) is 28.6 Å². The van der Waals surface area contributed by atoms with Crippen LogP contribution in [0.4, 0.5) is 5.13 Å². The first kappa shape index (κ1) is 21.4. The Morgan fingerprint density at radius 1 is 1.32 bits per heavy atom. The Labute approximate surface area is 198 Å². The predicted octanol–water partition coefficient (Wildman–Crippen LogP) is 5.97. The molecule has 0 unspecified atom stereocenters. The molecule has 0 atom stereocenters. The van der Waals surface area contributed by atoms with Gasteiger partial charge in [0.1, 0.15) is 5.75 Å². The number of benzene rings is 2. The van der Waals surface area contributed by atoms with E-state index in [0.717, 1.165) is 25.0 Å². The van der Waals surface area contributed by atoms with Gasteiger partial charge < -0.3 is 10.1 Å². The molecule has 0 radical (unpaired) electrons. The van der Waals surface area contributed by atoms with Crippen molar-refractivity contribution >= 4 is 89.8 Å². The van der Waals surface area contributed by atoms with E-state index in [-0.39, 0.29) is 11.0 Å². The summed E-state index contributed by atoms with van der Waals surface area (Å²) in [6.07, 6.45) is 0. The van der Waals surface area contributed by atoms with E-state index in [1.54, 1.807) is 19.2 Å². The van der Waals surface area contributed by atoms with Crippen LogP contribution in [0.25, 0.3) is 11.3 Å². The van der Waals surface area contributed by atoms with E-state index in [2.05, 4.69) is 54.1 Å². The fourth-order valence-electron chi connectivity index (χ4n) is 2.26. The van der Waals surface area contributed by atoms with Crippen LogP contribution in [0, 0.1) is 3.57 Å². The van der Waals surface area contributed by atoms with E-state index < -0.39 is 0 Å². The van der Waals surface area contributed by atoms with Gasteiger partial charge in [-0.2, -0.15) is 0 Å². The van der Waals surface area contributed by atoms with Crippen LogP contribution >= 0.6 is 73.7 Å². The zero-order valence-electron chi connectivity index (χ0n) is 14.3. The minimum absolute atomic E-state index is 0.150. The zero-order chi connectivity index (χ0) is 20.3. The SMILES string of the molecule is COc1ccc(-c2csc(NC(=S)NC(=O)c3cc(I)ccc3Cl)n2)cc1Br. The Hall–Kier alpha value is -1.27. The Morgan fingerprint density at radius 2 is 2.11 bits per heavy atom. The predicted molar refractivity (Wildman–Crippen MR) is 130 cm³/mol. The number of carbonyl (C=O) groups excluding carboxylic acids is 1. The Bertz CT molecular complexity index is 1060. The maximum atomic E-state index is 12.4. The number of hydrogen-bond acceptors (Lipinski definition) is 5. The van der Waals surface area contributed by atoms with Gasteiger partial charge in [-0.3, -0.25) is 10.1 Å². The molecule has 0 spiro atoms. The molecule has 0 aliphatic carbocycles. The van der Waals surface area contributed by atoms with Crippen LogP contribution in [-0.2, 0) is 0 Å². The molecular formula is C18H12BrClIN3O2S2. The number of thiazole rings is 1. The molecule has 5 nitrogen and oxygen atoms in total. The highest BCUT2D eigenvalue weighted by Crippen LogP contribution is 2.32. The molecule has 3 rings (SSSR count). The van der Waals surface area contributed by atoms with Crippen molar-refractivity contribution in [3.8, 4) is 17.0 Å². The summed E-state index contributed by atoms with van der Waals surface area (Å²) in [7, 11) is 1.61. The second-order valence-electron chi connectivity index (χ2n) is 5.42. The minimum Gasteiger partial charge on any atom is -0.496 e. The minimum atomic E-state index is -0.378. The highest BCUT2D eigenvalue weighted by Gasteiger charge is 2.14. The van der Waals surface area contributed by atoms with Gasteiger partial charge >= 0.3 is 0 Å². The average Bonchev–Trinajstić information content (AvgIpc) is 3.11. The number of thiocarbonyl (C=S) groups is 1. The molecule has 3 aromatic rings. The van der Waals surface area contributed by atoms with Gasteiger partial charge in [-0.15, -0.1) is 11.3 Å². The van der Waals surface area contributed by atoms with Crippen LogP contribution in [-0.4, -0.2) is 23.1 Å². The lowest BCUT2D eigenvalue weighted by molar-refractivity contribution is 0.0978. The van der Waals surface area contributed by atoms with Gasteiger partial charge in [-0.25, -0.2) is 4.98 Å². The van der Waals surface area contributed by atoms with Gasteiger partial charge in [0.05, 0.1) is 27.9 Å². The summed E-state index contributed by atoms with van der Waals surface area (Å²) in [5.41, 5.74) is 2.07. The molecule has 144 valence electrons. The second kappa shape index (κ2) is 9.49. The molecule has 0 bridgehead atoms. The number of amides is 1. The number of aromatic nitrogens is 1. The van der Waals surface area contributed by atoms with Crippen molar-refractivity contribution in [2.75, 3.05) is 12.4 Å². The summed E-state index contributed by atoms with van der Waals surface area (Å²) >= 11 is 18.3. The van der Waals surface area contributed by atoms with Crippen LogP contribution in [0.15, 0.2) is 46.3 Å². The van der Waals surface area contributed by atoms with Crippen molar-refractivity contribution in [1.29, 1.82) is 0 Å². The summed E-state index contributed by atoms with van der Waals surface area (Å²) in [6.45, 7) is 0. The zero-order valence-corrected chi connectivity index (χ0v) is 20.4. The topological polar surface area (TPSA) is 63.2 Å². The third-order valence-electron chi connectivity index (χ3n) is 3.57. The molecule has 10 heteroatoms. The Balaban J connectivity index is 1.68. The Morgan fingerprint density at radius 3 is 2.82 bits per heavy atom. The molecule has 0 fully saturated rings. The van der Waals surface area contributed by atoms with E-state index >= 15 is 0 Å². The number of nitrogens with one attached hydrogen (secondary N) is 2. The van der Waals surface area contributed by atoms with Gasteiger partial charge in [0.25, 0.3) is 5.91 Å². The van der Waals surface area contributed by atoms with E-state index in [9.17, 15) is 4.79 Å². The summed E-state index contributed by atoms with van der Waals surface area (Å²) in [6, 6.07) is 10.9. The number of anilines is 1. The van der Waals surface area contributed by atoms with Crippen LogP contribution in [0.5, 0.6) is 5.75 Å². The largest absolute Gasteiger partial charge is 0.496 e. The molecule has 2 aromatic carbocycles. The van der Waals surface area contributed by atoms with Crippen molar-refractivity contribution < 1.29 is 9.53 Å². The average molecular weight is 609 g/mol.